The molecule has 0 aromatic carbocycles. The SMILES string of the molecule is O=C1CCC2CCC3CCC4CCCC4C3C2N1. The second kappa shape index (κ2) is 4.25. The van der Waals surface area contributed by atoms with E-state index in [2.05, 4.69) is 5.32 Å². The van der Waals surface area contributed by atoms with Crippen LogP contribution in [0.2, 0.25) is 0 Å². The highest BCUT2D eigenvalue weighted by atomic mass is 16.1. The van der Waals surface area contributed by atoms with Gasteiger partial charge < -0.3 is 5.32 Å². The molecule has 1 saturated heterocycles. The first-order chi connectivity index (χ1) is 8.83. The van der Waals surface area contributed by atoms with E-state index < -0.39 is 0 Å². The van der Waals surface area contributed by atoms with Gasteiger partial charge in [-0.2, -0.15) is 0 Å². The zero-order valence-electron chi connectivity index (χ0n) is 11.2. The van der Waals surface area contributed by atoms with Gasteiger partial charge in [-0.05, 0) is 68.1 Å². The van der Waals surface area contributed by atoms with E-state index in [4.69, 9.17) is 0 Å². The lowest BCUT2D eigenvalue weighted by Crippen LogP contribution is -2.57. The Bertz CT molecular complexity index is 353. The van der Waals surface area contributed by atoms with Gasteiger partial charge in [-0.25, -0.2) is 0 Å². The van der Waals surface area contributed by atoms with Crippen LogP contribution in [0.1, 0.15) is 57.8 Å². The Hall–Kier alpha value is -0.530. The molecular weight excluding hydrogens is 222 g/mol. The number of piperidine rings is 1. The first-order valence-corrected chi connectivity index (χ1v) is 8.12. The van der Waals surface area contributed by atoms with Gasteiger partial charge in [-0.1, -0.05) is 12.8 Å². The highest BCUT2D eigenvalue weighted by Gasteiger charge is 2.50. The second-order valence-corrected chi connectivity index (χ2v) is 7.24. The Morgan fingerprint density at radius 1 is 0.833 bits per heavy atom. The normalized spacial score (nSPS) is 51.0. The molecule has 0 aromatic heterocycles. The summed E-state index contributed by atoms with van der Waals surface area (Å²) >= 11 is 0. The van der Waals surface area contributed by atoms with Crippen LogP contribution in [0.15, 0.2) is 0 Å². The molecule has 18 heavy (non-hydrogen) atoms. The quantitative estimate of drug-likeness (QED) is 0.700. The maximum Gasteiger partial charge on any atom is 0.220 e. The molecule has 3 saturated carbocycles. The molecular formula is C16H25NO. The Balaban J connectivity index is 1.62. The number of fused-ring (bicyclic) bond motifs is 5. The summed E-state index contributed by atoms with van der Waals surface area (Å²) < 4.78 is 0. The van der Waals surface area contributed by atoms with E-state index >= 15 is 0 Å². The first kappa shape index (κ1) is 11.3. The zero-order valence-corrected chi connectivity index (χ0v) is 11.2. The van der Waals surface area contributed by atoms with Crippen LogP contribution < -0.4 is 5.32 Å². The minimum Gasteiger partial charge on any atom is -0.353 e. The molecule has 2 heteroatoms. The van der Waals surface area contributed by atoms with Crippen LogP contribution in [0.5, 0.6) is 0 Å². The summed E-state index contributed by atoms with van der Waals surface area (Å²) in [6, 6.07) is 0.552. The molecule has 3 aliphatic carbocycles. The summed E-state index contributed by atoms with van der Waals surface area (Å²) in [5.41, 5.74) is 0. The minimum absolute atomic E-state index is 0.331. The highest BCUT2D eigenvalue weighted by Crippen LogP contribution is 2.54. The van der Waals surface area contributed by atoms with Crippen molar-refractivity contribution in [2.75, 3.05) is 0 Å². The van der Waals surface area contributed by atoms with Crippen molar-refractivity contribution in [3.8, 4) is 0 Å². The topological polar surface area (TPSA) is 29.1 Å². The van der Waals surface area contributed by atoms with Crippen molar-refractivity contribution in [3.05, 3.63) is 0 Å². The maximum absolute atomic E-state index is 11.8. The number of hydrogen-bond acceptors (Lipinski definition) is 1. The van der Waals surface area contributed by atoms with Crippen molar-refractivity contribution in [1.29, 1.82) is 0 Å². The molecule has 6 atom stereocenters. The Kier molecular flexibility index (Phi) is 2.67. The monoisotopic (exact) mass is 247 g/mol. The predicted octanol–water partition coefficient (Wildman–Crippen LogP) is 3.12. The number of nitrogens with one attached hydrogen (secondary N) is 1. The Labute approximate surface area is 110 Å². The molecule has 0 bridgehead atoms. The van der Waals surface area contributed by atoms with Crippen LogP contribution in [0.4, 0.5) is 0 Å². The lowest BCUT2D eigenvalue weighted by Gasteiger charge is -2.52. The first-order valence-electron chi connectivity index (χ1n) is 8.12. The molecule has 1 aliphatic heterocycles. The van der Waals surface area contributed by atoms with Gasteiger partial charge >= 0.3 is 0 Å². The van der Waals surface area contributed by atoms with Gasteiger partial charge in [-0.3, -0.25) is 4.79 Å². The van der Waals surface area contributed by atoms with Gasteiger partial charge in [0.25, 0.3) is 0 Å². The molecule has 100 valence electrons. The van der Waals surface area contributed by atoms with Gasteiger partial charge in [0.05, 0.1) is 0 Å². The van der Waals surface area contributed by atoms with Crippen molar-refractivity contribution in [2.24, 2.45) is 29.6 Å². The van der Waals surface area contributed by atoms with Gasteiger partial charge in [0.2, 0.25) is 5.91 Å². The molecule has 6 unspecified atom stereocenters. The second-order valence-electron chi connectivity index (χ2n) is 7.24. The largest absolute Gasteiger partial charge is 0.353 e. The lowest BCUT2D eigenvalue weighted by atomic mass is 9.57. The molecule has 4 rings (SSSR count). The third-order valence-electron chi connectivity index (χ3n) is 6.57. The van der Waals surface area contributed by atoms with Gasteiger partial charge in [0.1, 0.15) is 0 Å². The van der Waals surface area contributed by atoms with Gasteiger partial charge in [0, 0.05) is 12.5 Å². The third kappa shape index (κ3) is 1.64. The molecule has 1 heterocycles. The van der Waals surface area contributed by atoms with Crippen LogP contribution in [-0.4, -0.2) is 11.9 Å². The van der Waals surface area contributed by atoms with E-state index in [0.717, 1.165) is 42.4 Å². The number of carbonyl (C=O) groups is 1. The van der Waals surface area contributed by atoms with Gasteiger partial charge in [-0.15, -0.1) is 0 Å². The molecule has 1 amide bonds. The van der Waals surface area contributed by atoms with E-state index in [0.29, 0.717) is 11.9 Å². The lowest BCUT2D eigenvalue weighted by molar-refractivity contribution is -0.127. The fourth-order valence-electron chi connectivity index (χ4n) is 5.83. The minimum atomic E-state index is 0.331. The number of hydrogen-bond donors (Lipinski definition) is 1. The molecule has 0 aromatic rings. The number of rotatable bonds is 0. The summed E-state index contributed by atoms with van der Waals surface area (Å²) in [5.74, 6) is 4.87. The average molecular weight is 247 g/mol. The predicted molar refractivity (Wildman–Crippen MR) is 70.9 cm³/mol. The smallest absolute Gasteiger partial charge is 0.220 e. The van der Waals surface area contributed by atoms with Crippen molar-refractivity contribution in [3.63, 3.8) is 0 Å². The Morgan fingerprint density at radius 2 is 1.61 bits per heavy atom. The summed E-state index contributed by atoms with van der Waals surface area (Å²) in [5, 5.41) is 3.39. The van der Waals surface area contributed by atoms with E-state index in [9.17, 15) is 4.79 Å². The fraction of sp³-hybridized carbons (Fsp3) is 0.938. The maximum atomic E-state index is 11.8. The highest BCUT2D eigenvalue weighted by molar-refractivity contribution is 5.77. The van der Waals surface area contributed by atoms with E-state index in [1.54, 1.807) is 0 Å². The van der Waals surface area contributed by atoms with Crippen LogP contribution >= 0.6 is 0 Å². The van der Waals surface area contributed by atoms with E-state index in [1.807, 2.05) is 0 Å². The summed E-state index contributed by atoms with van der Waals surface area (Å²) in [6.45, 7) is 0. The van der Waals surface area contributed by atoms with Crippen molar-refractivity contribution >= 4 is 5.91 Å². The Morgan fingerprint density at radius 3 is 2.50 bits per heavy atom. The van der Waals surface area contributed by atoms with Crippen molar-refractivity contribution < 1.29 is 4.79 Å². The summed E-state index contributed by atoms with van der Waals surface area (Å²) in [6.07, 6.45) is 12.1. The van der Waals surface area contributed by atoms with Gasteiger partial charge in [0.15, 0.2) is 0 Å². The number of amides is 1. The summed E-state index contributed by atoms with van der Waals surface area (Å²) in [4.78, 5) is 11.8. The standard InChI is InChI=1S/C16H25NO/c18-14-9-8-12-7-6-11-5-4-10-2-1-3-13(10)15(11)16(12)17-14/h10-13,15-16H,1-9H2,(H,17,18). The van der Waals surface area contributed by atoms with E-state index in [-0.39, 0.29) is 0 Å². The molecule has 2 nitrogen and oxygen atoms in total. The number of carbonyl (C=O) groups excluding carboxylic acids is 1. The van der Waals surface area contributed by atoms with E-state index in [1.165, 1.54) is 44.9 Å². The van der Waals surface area contributed by atoms with Crippen LogP contribution in [0.25, 0.3) is 0 Å². The average Bonchev–Trinajstić information content (AvgIpc) is 2.86. The molecule has 0 spiro atoms. The van der Waals surface area contributed by atoms with Crippen molar-refractivity contribution in [1.82, 2.24) is 5.32 Å². The molecule has 4 fully saturated rings. The third-order valence-corrected chi connectivity index (χ3v) is 6.57. The van der Waals surface area contributed by atoms with Crippen LogP contribution in [-0.2, 0) is 4.79 Å². The molecule has 1 N–H and O–H groups in total. The molecule has 4 aliphatic rings. The van der Waals surface area contributed by atoms with Crippen LogP contribution in [0, 0.1) is 29.6 Å². The fourth-order valence-corrected chi connectivity index (χ4v) is 5.83. The summed E-state index contributed by atoms with van der Waals surface area (Å²) in [7, 11) is 0. The van der Waals surface area contributed by atoms with Crippen LogP contribution in [0.3, 0.4) is 0 Å². The zero-order chi connectivity index (χ0) is 12.1. The molecule has 0 radical (unpaired) electrons. The van der Waals surface area contributed by atoms with Crippen molar-refractivity contribution in [2.45, 2.75) is 63.8 Å².